The van der Waals surface area contributed by atoms with Crippen LogP contribution in [-0.2, 0) is 9.59 Å². The molecule has 186 valence electrons. The summed E-state index contributed by atoms with van der Waals surface area (Å²) in [5.74, 6) is -0.591. The first-order valence-electron chi connectivity index (χ1n) is 12.0. The van der Waals surface area contributed by atoms with E-state index in [0.29, 0.717) is 22.9 Å². The van der Waals surface area contributed by atoms with E-state index in [-0.39, 0.29) is 11.3 Å². The number of anilines is 2. The summed E-state index contributed by atoms with van der Waals surface area (Å²) in [5.41, 5.74) is 4.76. The summed E-state index contributed by atoms with van der Waals surface area (Å²) in [6.45, 7) is 6.06. The van der Waals surface area contributed by atoms with Crippen molar-refractivity contribution in [1.82, 2.24) is 0 Å². The van der Waals surface area contributed by atoms with Crippen LogP contribution in [0.25, 0.3) is 5.76 Å². The number of ether oxygens (including phenoxy) is 1. The smallest absolute Gasteiger partial charge is 0.300 e. The molecule has 0 radical (unpaired) electrons. The van der Waals surface area contributed by atoms with Gasteiger partial charge in [0.1, 0.15) is 11.5 Å². The van der Waals surface area contributed by atoms with E-state index in [1.54, 1.807) is 25.3 Å². The molecular weight excluding hydrogens is 452 g/mol. The lowest BCUT2D eigenvalue weighted by Gasteiger charge is -2.26. The molecule has 6 nitrogen and oxygen atoms in total. The number of aliphatic hydroxyl groups is 1. The van der Waals surface area contributed by atoms with Gasteiger partial charge in [-0.2, -0.15) is 0 Å². The largest absolute Gasteiger partial charge is 0.507 e. The van der Waals surface area contributed by atoms with E-state index in [1.165, 1.54) is 4.90 Å². The second-order valence-electron chi connectivity index (χ2n) is 9.58. The van der Waals surface area contributed by atoms with Gasteiger partial charge in [-0.15, -0.1) is 0 Å². The lowest BCUT2D eigenvalue weighted by molar-refractivity contribution is -0.132. The van der Waals surface area contributed by atoms with Crippen molar-refractivity contribution in [3.63, 3.8) is 0 Å². The summed E-state index contributed by atoms with van der Waals surface area (Å²) in [7, 11) is 5.45. The molecule has 1 saturated heterocycles. The van der Waals surface area contributed by atoms with Crippen molar-refractivity contribution in [3.05, 3.63) is 94.6 Å². The number of aryl methyl sites for hydroxylation is 1. The normalized spacial score (nSPS) is 17.1. The Morgan fingerprint density at radius 2 is 1.61 bits per heavy atom. The number of nitrogens with zero attached hydrogens (tertiary/aromatic N) is 2. The average Bonchev–Trinajstić information content (AvgIpc) is 3.13. The first-order valence-corrected chi connectivity index (χ1v) is 12.0. The Morgan fingerprint density at radius 3 is 2.14 bits per heavy atom. The maximum atomic E-state index is 13.4. The number of carbonyl (C=O) groups is 2. The van der Waals surface area contributed by atoms with E-state index in [1.807, 2.05) is 74.4 Å². The van der Waals surface area contributed by atoms with E-state index in [9.17, 15) is 14.7 Å². The molecule has 0 spiro atoms. The monoisotopic (exact) mass is 484 g/mol. The number of Topliss-reactive ketones (excluding diaryl/α,β-unsaturated/α-hetero) is 1. The maximum absolute atomic E-state index is 13.4. The Morgan fingerprint density at radius 1 is 0.972 bits per heavy atom. The molecule has 0 aromatic heterocycles. The van der Waals surface area contributed by atoms with Crippen LogP contribution >= 0.6 is 0 Å². The number of rotatable bonds is 6. The number of hydrogen-bond donors (Lipinski definition) is 1. The predicted octanol–water partition coefficient (Wildman–Crippen LogP) is 5.82. The number of hydrogen-bond acceptors (Lipinski definition) is 5. The maximum Gasteiger partial charge on any atom is 0.300 e. The molecule has 1 fully saturated rings. The molecule has 1 atom stereocenters. The van der Waals surface area contributed by atoms with Crippen LogP contribution in [0.5, 0.6) is 5.75 Å². The molecule has 1 N–H and O–H groups in total. The zero-order chi connectivity index (χ0) is 26.1. The highest BCUT2D eigenvalue weighted by atomic mass is 16.5. The quantitative estimate of drug-likeness (QED) is 0.271. The highest BCUT2D eigenvalue weighted by molar-refractivity contribution is 6.51. The lowest BCUT2D eigenvalue weighted by atomic mass is 9.92. The van der Waals surface area contributed by atoms with Gasteiger partial charge in [-0.3, -0.25) is 14.5 Å². The Balaban J connectivity index is 1.91. The summed E-state index contributed by atoms with van der Waals surface area (Å²) >= 11 is 0. The highest BCUT2D eigenvalue weighted by Crippen LogP contribution is 2.43. The van der Waals surface area contributed by atoms with Gasteiger partial charge in [-0.25, -0.2) is 0 Å². The molecular formula is C30H32N2O4. The fraction of sp³-hybridized carbons (Fsp3) is 0.267. The number of amides is 1. The fourth-order valence-corrected chi connectivity index (χ4v) is 4.56. The van der Waals surface area contributed by atoms with Crippen LogP contribution in [0.1, 0.15) is 48.1 Å². The number of benzene rings is 3. The average molecular weight is 485 g/mol. The number of carbonyl (C=O) groups excluding carboxylic acids is 2. The van der Waals surface area contributed by atoms with Gasteiger partial charge in [-0.1, -0.05) is 38.1 Å². The van der Waals surface area contributed by atoms with Crippen molar-refractivity contribution in [3.8, 4) is 5.75 Å². The second kappa shape index (κ2) is 9.90. The molecule has 4 rings (SSSR count). The van der Waals surface area contributed by atoms with Crippen LogP contribution in [-0.4, -0.2) is 38.0 Å². The van der Waals surface area contributed by atoms with Gasteiger partial charge in [0.25, 0.3) is 11.7 Å². The van der Waals surface area contributed by atoms with Crippen LogP contribution in [0.4, 0.5) is 11.4 Å². The molecule has 0 bridgehead atoms. The standard InChI is InChI=1S/C30H32N2O4/c1-18(2)20-7-9-21(10-8-20)27-26(28(33)25-16-15-24(36-6)17-19(25)3)29(34)30(35)32(27)23-13-11-22(12-14-23)31(4)5/h7-18,27,33H,1-6H3/b28-26-. The molecule has 36 heavy (non-hydrogen) atoms. The molecule has 1 amide bonds. The first-order chi connectivity index (χ1) is 17.1. The molecule has 1 unspecified atom stereocenters. The topological polar surface area (TPSA) is 70.1 Å². The van der Waals surface area contributed by atoms with Crippen molar-refractivity contribution in [1.29, 1.82) is 0 Å². The summed E-state index contributed by atoms with van der Waals surface area (Å²) in [5, 5.41) is 11.4. The van der Waals surface area contributed by atoms with Crippen LogP contribution in [0.15, 0.2) is 72.3 Å². The summed E-state index contributed by atoms with van der Waals surface area (Å²) in [4.78, 5) is 30.3. The van der Waals surface area contributed by atoms with Crippen molar-refractivity contribution in [2.24, 2.45) is 0 Å². The third-order valence-electron chi connectivity index (χ3n) is 6.70. The molecule has 1 aliphatic heterocycles. The van der Waals surface area contributed by atoms with E-state index in [2.05, 4.69) is 13.8 Å². The summed E-state index contributed by atoms with van der Waals surface area (Å²) < 4.78 is 5.29. The minimum Gasteiger partial charge on any atom is -0.507 e. The second-order valence-corrected chi connectivity index (χ2v) is 9.58. The molecule has 1 heterocycles. The van der Waals surface area contributed by atoms with E-state index < -0.39 is 17.7 Å². The zero-order valence-corrected chi connectivity index (χ0v) is 21.6. The van der Waals surface area contributed by atoms with Crippen molar-refractivity contribution >= 4 is 28.8 Å². The van der Waals surface area contributed by atoms with Crippen LogP contribution in [0.3, 0.4) is 0 Å². The Kier molecular flexibility index (Phi) is 6.88. The van der Waals surface area contributed by atoms with Crippen LogP contribution in [0.2, 0.25) is 0 Å². The van der Waals surface area contributed by atoms with Crippen LogP contribution < -0.4 is 14.5 Å². The van der Waals surface area contributed by atoms with E-state index >= 15 is 0 Å². The van der Waals surface area contributed by atoms with E-state index in [0.717, 1.165) is 22.4 Å². The Hall–Kier alpha value is -4.06. The molecule has 0 saturated carbocycles. The van der Waals surface area contributed by atoms with Gasteiger partial charge >= 0.3 is 0 Å². The fourth-order valence-electron chi connectivity index (χ4n) is 4.56. The lowest BCUT2D eigenvalue weighted by Crippen LogP contribution is -2.29. The minimum atomic E-state index is -0.766. The first kappa shape index (κ1) is 25.0. The van der Waals surface area contributed by atoms with E-state index in [4.69, 9.17) is 4.74 Å². The van der Waals surface area contributed by atoms with Gasteiger partial charge in [0.05, 0.1) is 18.7 Å². The molecule has 6 heteroatoms. The van der Waals surface area contributed by atoms with Crippen molar-refractivity contribution < 1.29 is 19.4 Å². The van der Waals surface area contributed by atoms with Crippen molar-refractivity contribution in [2.45, 2.75) is 32.7 Å². The molecule has 1 aliphatic rings. The minimum absolute atomic E-state index is 0.0715. The molecule has 0 aliphatic carbocycles. The van der Waals surface area contributed by atoms with Gasteiger partial charge in [-0.05, 0) is 72.0 Å². The number of aliphatic hydroxyl groups excluding tert-OH is 1. The van der Waals surface area contributed by atoms with Gasteiger partial charge in [0.2, 0.25) is 0 Å². The third kappa shape index (κ3) is 4.47. The Labute approximate surface area is 212 Å². The third-order valence-corrected chi connectivity index (χ3v) is 6.70. The predicted molar refractivity (Wildman–Crippen MR) is 144 cm³/mol. The van der Waals surface area contributed by atoms with Crippen LogP contribution in [0, 0.1) is 6.92 Å². The Bertz CT molecular complexity index is 1320. The summed E-state index contributed by atoms with van der Waals surface area (Å²) in [6.07, 6.45) is 0. The number of methoxy groups -OCH3 is 1. The SMILES string of the molecule is COc1ccc(/C(O)=C2/C(=O)C(=O)N(c3ccc(N(C)C)cc3)C2c2ccc(C(C)C)cc2)c(C)c1. The van der Waals surface area contributed by atoms with Gasteiger partial charge < -0.3 is 14.7 Å². The van der Waals surface area contributed by atoms with Crippen molar-refractivity contribution in [2.75, 3.05) is 31.0 Å². The highest BCUT2D eigenvalue weighted by Gasteiger charge is 2.47. The molecule has 3 aromatic carbocycles. The molecule has 3 aromatic rings. The summed E-state index contributed by atoms with van der Waals surface area (Å²) in [6, 6.07) is 19.8. The van der Waals surface area contributed by atoms with Gasteiger partial charge in [0, 0.05) is 31.0 Å². The zero-order valence-electron chi connectivity index (χ0n) is 21.6. The van der Waals surface area contributed by atoms with Gasteiger partial charge in [0.15, 0.2) is 0 Å². The number of ketones is 1.